The molecule has 25 heavy (non-hydrogen) atoms. The molecule has 2 heterocycles. The number of pyridine rings is 1. The van der Waals surface area contributed by atoms with Crippen molar-refractivity contribution in [1.29, 1.82) is 0 Å². The highest BCUT2D eigenvalue weighted by atomic mass is 16.5. The van der Waals surface area contributed by atoms with Crippen LogP contribution >= 0.6 is 0 Å². The minimum Gasteiger partial charge on any atom is -0.492 e. The first-order valence-electron chi connectivity index (χ1n) is 8.77. The third-order valence-electron chi connectivity index (χ3n) is 4.56. The molecule has 2 aromatic rings. The number of nitrogens with zero attached hydrogens (tertiary/aromatic N) is 1. The first-order chi connectivity index (χ1) is 11.8. The van der Waals surface area contributed by atoms with E-state index < -0.39 is 0 Å². The lowest BCUT2D eigenvalue weighted by molar-refractivity contribution is 0.207. The van der Waals surface area contributed by atoms with Gasteiger partial charge < -0.3 is 20.4 Å². The molecule has 1 aliphatic heterocycles. The van der Waals surface area contributed by atoms with Gasteiger partial charge in [0.05, 0.1) is 10.7 Å². The zero-order chi connectivity index (χ0) is 18.2. The molecule has 3 N–H and O–H groups in total. The van der Waals surface area contributed by atoms with Crippen molar-refractivity contribution in [1.82, 2.24) is 9.88 Å². The number of ether oxygens (including phenoxy) is 1. The van der Waals surface area contributed by atoms with E-state index in [4.69, 9.17) is 10.5 Å². The molecule has 5 heteroatoms. The van der Waals surface area contributed by atoms with Crippen LogP contribution < -0.4 is 31.8 Å². The van der Waals surface area contributed by atoms with Crippen LogP contribution in [0.4, 0.5) is 0 Å². The summed E-state index contributed by atoms with van der Waals surface area (Å²) in [5.74, 6) is 1.25. The van der Waals surface area contributed by atoms with Gasteiger partial charge in [0.25, 0.3) is 5.56 Å². The molecule has 0 amide bonds. The van der Waals surface area contributed by atoms with Gasteiger partial charge in [-0.3, -0.25) is 4.79 Å². The molecule has 0 spiro atoms. The lowest BCUT2D eigenvalue weighted by atomic mass is 9.93. The number of benzene rings is 1. The number of aromatic nitrogens is 1. The van der Waals surface area contributed by atoms with Gasteiger partial charge in [0, 0.05) is 36.8 Å². The molecule has 0 bridgehead atoms. The average molecular weight is 341 g/mol. The topological polar surface area (TPSA) is 69.3 Å². The summed E-state index contributed by atoms with van der Waals surface area (Å²) in [6.45, 7) is 7.50. The zero-order valence-corrected chi connectivity index (χ0v) is 15.4. The van der Waals surface area contributed by atoms with Crippen LogP contribution in [0.2, 0.25) is 0 Å². The second-order valence-corrected chi connectivity index (χ2v) is 7.67. The summed E-state index contributed by atoms with van der Waals surface area (Å²) in [5, 5.41) is 5.86. The Kier molecular flexibility index (Phi) is 4.60. The van der Waals surface area contributed by atoms with Crippen LogP contribution in [0.15, 0.2) is 23.0 Å². The maximum absolute atomic E-state index is 12.6. The van der Waals surface area contributed by atoms with Crippen LogP contribution in [0.5, 0.6) is 5.75 Å². The smallest absolute Gasteiger partial charge is 0.260 e. The zero-order valence-electron chi connectivity index (χ0n) is 15.4. The Labute approximate surface area is 147 Å². The van der Waals surface area contributed by atoms with E-state index in [2.05, 4.69) is 25.2 Å². The Hall–Kier alpha value is -2.27. The molecule has 0 fully saturated rings. The highest BCUT2D eigenvalue weighted by molar-refractivity contribution is 5.82. The second kappa shape index (κ2) is 6.56. The van der Waals surface area contributed by atoms with Crippen LogP contribution in [0.1, 0.15) is 27.2 Å². The number of hydrogen-bond acceptors (Lipinski definition) is 4. The predicted molar refractivity (Wildman–Crippen MR) is 103 cm³/mol. The molecule has 0 saturated heterocycles. The highest BCUT2D eigenvalue weighted by Crippen LogP contribution is 2.20. The number of rotatable bonds is 5. The third-order valence-corrected chi connectivity index (χ3v) is 4.56. The van der Waals surface area contributed by atoms with Crippen molar-refractivity contribution in [3.63, 3.8) is 0 Å². The van der Waals surface area contributed by atoms with Gasteiger partial charge in [-0.15, -0.1) is 0 Å². The lowest BCUT2D eigenvalue weighted by Gasteiger charge is -2.26. The molecular weight excluding hydrogens is 314 g/mol. The van der Waals surface area contributed by atoms with E-state index in [0.717, 1.165) is 34.8 Å². The summed E-state index contributed by atoms with van der Waals surface area (Å²) in [6.07, 6.45) is 4.75. The number of nitrogens with one attached hydrogen (secondary N) is 1. The van der Waals surface area contributed by atoms with Crippen molar-refractivity contribution in [2.75, 3.05) is 13.2 Å². The van der Waals surface area contributed by atoms with Crippen LogP contribution in [-0.4, -0.2) is 23.3 Å². The monoisotopic (exact) mass is 341 g/mol. The van der Waals surface area contributed by atoms with Crippen molar-refractivity contribution in [2.45, 2.75) is 32.7 Å². The minimum atomic E-state index is -0.376. The van der Waals surface area contributed by atoms with E-state index in [0.29, 0.717) is 17.7 Å². The molecule has 0 saturated carbocycles. The third kappa shape index (κ3) is 3.56. The maximum Gasteiger partial charge on any atom is 0.260 e. The Bertz CT molecular complexity index is 971. The van der Waals surface area contributed by atoms with Gasteiger partial charge in [-0.25, -0.2) is 0 Å². The lowest BCUT2D eigenvalue weighted by Crippen LogP contribution is -2.48. The standard InChI is InChI=1S/C20H27N3O2/c1-13(2)10-20(3,21)12-25-14-5-6-16-15-7-8-22-11-17(15)19(24)23(4)18(16)9-14/h5-7,9,11,13,22H,8,10,12,21H2,1-4H3. The van der Waals surface area contributed by atoms with Crippen molar-refractivity contribution >= 4 is 23.2 Å². The van der Waals surface area contributed by atoms with Crippen LogP contribution in [0, 0.1) is 5.92 Å². The summed E-state index contributed by atoms with van der Waals surface area (Å²) in [5.41, 5.74) is 6.81. The van der Waals surface area contributed by atoms with Crippen LogP contribution in [-0.2, 0) is 7.05 Å². The largest absolute Gasteiger partial charge is 0.492 e. The maximum atomic E-state index is 12.6. The van der Waals surface area contributed by atoms with Gasteiger partial charge in [-0.1, -0.05) is 19.9 Å². The summed E-state index contributed by atoms with van der Waals surface area (Å²) in [6, 6.07) is 5.90. The van der Waals surface area contributed by atoms with Gasteiger partial charge in [-0.2, -0.15) is 0 Å². The van der Waals surface area contributed by atoms with E-state index in [1.165, 1.54) is 0 Å². The molecule has 0 aliphatic carbocycles. The normalized spacial score (nSPS) is 15.8. The minimum absolute atomic E-state index is 0.00780. The number of fused-ring (bicyclic) bond motifs is 3. The average Bonchev–Trinajstić information content (AvgIpc) is 2.57. The molecule has 1 unspecified atom stereocenters. The fourth-order valence-corrected chi connectivity index (χ4v) is 3.58. The summed E-state index contributed by atoms with van der Waals surface area (Å²) >= 11 is 0. The van der Waals surface area contributed by atoms with Crippen molar-refractivity contribution in [3.8, 4) is 5.75 Å². The molecule has 1 aliphatic rings. The van der Waals surface area contributed by atoms with E-state index in [-0.39, 0.29) is 11.1 Å². The van der Waals surface area contributed by atoms with E-state index in [1.807, 2.05) is 25.1 Å². The highest BCUT2D eigenvalue weighted by Gasteiger charge is 2.21. The Morgan fingerprint density at radius 1 is 1.36 bits per heavy atom. The molecule has 1 aromatic heterocycles. The fourth-order valence-electron chi connectivity index (χ4n) is 3.58. The molecule has 1 aromatic carbocycles. The van der Waals surface area contributed by atoms with Gasteiger partial charge in [-0.05, 0) is 36.6 Å². The van der Waals surface area contributed by atoms with E-state index in [1.54, 1.807) is 17.8 Å². The van der Waals surface area contributed by atoms with Crippen molar-refractivity contribution < 1.29 is 4.74 Å². The molecule has 5 nitrogen and oxygen atoms in total. The summed E-state index contributed by atoms with van der Waals surface area (Å²) in [7, 11) is 1.79. The van der Waals surface area contributed by atoms with Crippen molar-refractivity contribution in [3.05, 3.63) is 39.0 Å². The van der Waals surface area contributed by atoms with Crippen LogP contribution in [0.3, 0.4) is 0 Å². The molecule has 3 rings (SSSR count). The van der Waals surface area contributed by atoms with E-state index in [9.17, 15) is 4.79 Å². The number of hydrogen-bond donors (Lipinski definition) is 2. The van der Waals surface area contributed by atoms with Gasteiger partial charge in [0.15, 0.2) is 0 Å². The number of nitrogens with two attached hydrogens (primary N) is 1. The van der Waals surface area contributed by atoms with Gasteiger partial charge in [0.1, 0.15) is 12.4 Å². The molecule has 1 atom stereocenters. The van der Waals surface area contributed by atoms with Crippen LogP contribution in [0.25, 0.3) is 23.2 Å². The Balaban J connectivity index is 1.99. The Morgan fingerprint density at radius 3 is 2.84 bits per heavy atom. The predicted octanol–water partition coefficient (Wildman–Crippen LogP) is 0.803. The molecule has 134 valence electrons. The quantitative estimate of drug-likeness (QED) is 0.844. The molecular formula is C20H27N3O2. The van der Waals surface area contributed by atoms with Crippen molar-refractivity contribution in [2.24, 2.45) is 18.7 Å². The van der Waals surface area contributed by atoms with Gasteiger partial charge in [0.2, 0.25) is 0 Å². The second-order valence-electron chi connectivity index (χ2n) is 7.67. The van der Waals surface area contributed by atoms with E-state index >= 15 is 0 Å². The first kappa shape index (κ1) is 17.5. The summed E-state index contributed by atoms with van der Waals surface area (Å²) < 4.78 is 7.62. The molecule has 0 radical (unpaired) electrons. The fraction of sp³-hybridized carbons (Fsp3) is 0.450. The first-order valence-corrected chi connectivity index (χ1v) is 8.77. The summed E-state index contributed by atoms with van der Waals surface area (Å²) in [4.78, 5) is 12.6. The number of aryl methyl sites for hydroxylation is 1. The Morgan fingerprint density at radius 2 is 2.12 bits per heavy atom. The van der Waals surface area contributed by atoms with Gasteiger partial charge >= 0.3 is 0 Å². The SMILES string of the molecule is CC(C)CC(C)(N)COc1ccc2c3c(c(=O)n(C)c2c1)=CNCC=3.